The minimum absolute atomic E-state index is 0.0693. The zero-order chi connectivity index (χ0) is 12.5. The summed E-state index contributed by atoms with van der Waals surface area (Å²) in [5, 5.41) is 4.29. The molecule has 1 heterocycles. The molecule has 1 fully saturated rings. The quantitative estimate of drug-likeness (QED) is 0.890. The molecule has 1 atom stereocenters. The van der Waals surface area contributed by atoms with Crippen molar-refractivity contribution in [1.29, 1.82) is 0 Å². The van der Waals surface area contributed by atoms with E-state index in [1.807, 2.05) is 6.07 Å². The van der Waals surface area contributed by atoms with E-state index in [0.29, 0.717) is 0 Å². The van der Waals surface area contributed by atoms with Gasteiger partial charge in [0.25, 0.3) is 0 Å². The molecule has 2 rings (SSSR count). The molecule has 0 amide bonds. The first-order valence-electron chi connectivity index (χ1n) is 6.22. The molecule has 0 aromatic heterocycles. The van der Waals surface area contributed by atoms with Gasteiger partial charge in [0, 0.05) is 5.54 Å². The van der Waals surface area contributed by atoms with E-state index in [0.717, 1.165) is 23.7 Å². The number of benzene rings is 1. The van der Waals surface area contributed by atoms with Crippen molar-refractivity contribution in [3.8, 4) is 5.75 Å². The van der Waals surface area contributed by atoms with Crippen LogP contribution >= 0.6 is 11.6 Å². The van der Waals surface area contributed by atoms with Crippen LogP contribution in [0, 0.1) is 0 Å². The topological polar surface area (TPSA) is 21.3 Å². The minimum Gasteiger partial charge on any atom is -0.495 e. The fourth-order valence-corrected chi connectivity index (χ4v) is 2.92. The van der Waals surface area contributed by atoms with Crippen LogP contribution in [0.25, 0.3) is 0 Å². The lowest BCUT2D eigenvalue weighted by molar-refractivity contribution is 0.406. The Balaban J connectivity index is 2.46. The molecule has 2 nitrogen and oxygen atoms in total. The van der Waals surface area contributed by atoms with Gasteiger partial charge in [-0.2, -0.15) is 0 Å². The molecule has 3 heteroatoms. The lowest BCUT2D eigenvalue weighted by Gasteiger charge is -2.26. The lowest BCUT2D eigenvalue weighted by atomic mass is 9.89. The molecule has 0 saturated carbocycles. The van der Waals surface area contributed by atoms with Gasteiger partial charge >= 0.3 is 0 Å². The van der Waals surface area contributed by atoms with Crippen molar-refractivity contribution in [3.05, 3.63) is 28.3 Å². The second-order valence-electron chi connectivity index (χ2n) is 4.87. The Hall–Kier alpha value is -0.730. The summed E-state index contributed by atoms with van der Waals surface area (Å²) in [6.07, 6.45) is 3.33. The number of methoxy groups -OCH3 is 1. The van der Waals surface area contributed by atoms with Crippen molar-refractivity contribution in [3.63, 3.8) is 0 Å². The molecule has 1 unspecified atom stereocenters. The first-order valence-corrected chi connectivity index (χ1v) is 6.60. The summed E-state index contributed by atoms with van der Waals surface area (Å²) < 4.78 is 5.37. The molecule has 0 radical (unpaired) electrons. The van der Waals surface area contributed by atoms with Gasteiger partial charge in [-0.25, -0.2) is 0 Å². The van der Waals surface area contributed by atoms with E-state index in [2.05, 4.69) is 25.2 Å². The molecular formula is C14H20ClNO. The maximum atomic E-state index is 6.30. The first-order chi connectivity index (χ1) is 8.10. The zero-order valence-corrected chi connectivity index (χ0v) is 11.5. The van der Waals surface area contributed by atoms with E-state index in [4.69, 9.17) is 16.3 Å². The van der Waals surface area contributed by atoms with Gasteiger partial charge in [0.1, 0.15) is 5.75 Å². The number of rotatable bonds is 3. The fourth-order valence-electron chi connectivity index (χ4n) is 2.60. The molecule has 1 aliphatic heterocycles. The van der Waals surface area contributed by atoms with Crippen molar-refractivity contribution in [1.82, 2.24) is 5.32 Å². The van der Waals surface area contributed by atoms with Crippen molar-refractivity contribution < 1.29 is 4.74 Å². The summed E-state index contributed by atoms with van der Waals surface area (Å²) in [7, 11) is 1.68. The van der Waals surface area contributed by atoms with Crippen molar-refractivity contribution in [2.24, 2.45) is 0 Å². The molecule has 17 heavy (non-hydrogen) atoms. The third-order valence-electron chi connectivity index (χ3n) is 3.71. The van der Waals surface area contributed by atoms with Crippen molar-refractivity contribution in [2.75, 3.05) is 13.7 Å². The zero-order valence-electron chi connectivity index (χ0n) is 10.8. The van der Waals surface area contributed by atoms with Gasteiger partial charge in [0.05, 0.1) is 12.1 Å². The fraction of sp³-hybridized carbons (Fsp3) is 0.571. The van der Waals surface area contributed by atoms with Crippen LogP contribution in [-0.4, -0.2) is 13.7 Å². The molecule has 94 valence electrons. The Morgan fingerprint density at radius 3 is 2.76 bits per heavy atom. The summed E-state index contributed by atoms with van der Waals surface area (Å²) in [5.74, 6) is 0.819. The van der Waals surface area contributed by atoms with Crippen LogP contribution in [0.5, 0.6) is 5.75 Å². The summed E-state index contributed by atoms with van der Waals surface area (Å²) in [4.78, 5) is 0. The van der Waals surface area contributed by atoms with Crippen LogP contribution in [-0.2, 0) is 12.0 Å². The van der Waals surface area contributed by atoms with E-state index >= 15 is 0 Å². The van der Waals surface area contributed by atoms with Crippen LogP contribution in [0.4, 0.5) is 0 Å². The van der Waals surface area contributed by atoms with Gasteiger partial charge < -0.3 is 10.1 Å². The first kappa shape index (κ1) is 12.7. The predicted octanol–water partition coefficient (Wildman–Crippen LogP) is 3.51. The monoisotopic (exact) mass is 253 g/mol. The number of halogens is 1. The van der Waals surface area contributed by atoms with Gasteiger partial charge in [-0.05, 0) is 49.9 Å². The Kier molecular flexibility index (Phi) is 3.64. The third kappa shape index (κ3) is 2.29. The van der Waals surface area contributed by atoms with Crippen LogP contribution in [0.3, 0.4) is 0 Å². The molecule has 1 N–H and O–H groups in total. The summed E-state index contributed by atoms with van der Waals surface area (Å²) in [5.41, 5.74) is 2.53. The normalized spacial score (nSPS) is 24.0. The lowest BCUT2D eigenvalue weighted by Crippen LogP contribution is -2.33. The highest BCUT2D eigenvalue weighted by Crippen LogP contribution is 2.37. The molecule has 1 aromatic rings. The average molecular weight is 254 g/mol. The van der Waals surface area contributed by atoms with E-state index < -0.39 is 0 Å². The Morgan fingerprint density at radius 1 is 1.47 bits per heavy atom. The predicted molar refractivity (Wildman–Crippen MR) is 72.0 cm³/mol. The van der Waals surface area contributed by atoms with Gasteiger partial charge in [-0.3, -0.25) is 0 Å². The van der Waals surface area contributed by atoms with Gasteiger partial charge in [-0.1, -0.05) is 24.6 Å². The summed E-state index contributed by atoms with van der Waals surface area (Å²) in [6.45, 7) is 5.46. The van der Waals surface area contributed by atoms with Crippen LogP contribution in [0.15, 0.2) is 12.1 Å². The minimum atomic E-state index is 0.0693. The van der Waals surface area contributed by atoms with Crippen LogP contribution < -0.4 is 10.1 Å². The van der Waals surface area contributed by atoms with Gasteiger partial charge in [0.15, 0.2) is 0 Å². The van der Waals surface area contributed by atoms with E-state index in [1.165, 1.54) is 24.0 Å². The number of ether oxygens (including phenoxy) is 1. The van der Waals surface area contributed by atoms with E-state index in [-0.39, 0.29) is 5.54 Å². The molecule has 0 bridgehead atoms. The summed E-state index contributed by atoms with van der Waals surface area (Å²) >= 11 is 6.30. The van der Waals surface area contributed by atoms with Gasteiger partial charge in [-0.15, -0.1) is 0 Å². The maximum Gasteiger partial charge on any atom is 0.140 e. The average Bonchev–Trinajstić information content (AvgIpc) is 2.76. The Morgan fingerprint density at radius 2 is 2.24 bits per heavy atom. The number of aryl methyl sites for hydroxylation is 1. The van der Waals surface area contributed by atoms with Crippen molar-refractivity contribution in [2.45, 2.75) is 38.6 Å². The van der Waals surface area contributed by atoms with E-state index in [9.17, 15) is 0 Å². The molecular weight excluding hydrogens is 234 g/mol. The maximum absolute atomic E-state index is 6.30. The highest BCUT2D eigenvalue weighted by molar-refractivity contribution is 6.32. The highest BCUT2D eigenvalue weighted by Gasteiger charge is 2.31. The smallest absolute Gasteiger partial charge is 0.140 e. The van der Waals surface area contributed by atoms with Crippen LogP contribution in [0.1, 0.15) is 37.8 Å². The highest BCUT2D eigenvalue weighted by atomic mass is 35.5. The van der Waals surface area contributed by atoms with Crippen molar-refractivity contribution >= 4 is 11.6 Å². The molecule has 1 aromatic carbocycles. The largest absolute Gasteiger partial charge is 0.495 e. The Labute approximate surface area is 108 Å². The summed E-state index contributed by atoms with van der Waals surface area (Å²) in [6, 6.07) is 4.26. The molecule has 0 aliphatic carbocycles. The molecule has 1 aliphatic rings. The Bertz CT molecular complexity index is 411. The standard InChI is InChI=1S/C14H20ClNO/c1-4-10-8-11(9-12(15)13(10)17-3)14(2)6-5-7-16-14/h8-9,16H,4-7H2,1-3H3. The molecule has 0 spiro atoms. The van der Waals surface area contributed by atoms with E-state index in [1.54, 1.807) is 7.11 Å². The SMILES string of the molecule is CCc1cc(C2(C)CCCN2)cc(Cl)c1OC. The second kappa shape index (κ2) is 4.87. The third-order valence-corrected chi connectivity index (χ3v) is 3.99. The van der Waals surface area contributed by atoms with Crippen LogP contribution in [0.2, 0.25) is 5.02 Å². The number of hydrogen-bond acceptors (Lipinski definition) is 2. The number of hydrogen-bond donors (Lipinski definition) is 1. The van der Waals surface area contributed by atoms with Gasteiger partial charge in [0.2, 0.25) is 0 Å². The second-order valence-corrected chi connectivity index (χ2v) is 5.27. The number of nitrogens with one attached hydrogen (secondary N) is 1. The molecule has 1 saturated heterocycles.